The second-order valence-electron chi connectivity index (χ2n) is 9.16. The van der Waals surface area contributed by atoms with E-state index in [4.69, 9.17) is 34.7 Å². The number of nitrogens with zero attached hydrogens (tertiary/aromatic N) is 1. The average molecular weight is 732 g/mol. The fourth-order valence-corrected chi connectivity index (χ4v) is 7.71. The number of hydrogen-bond donors (Lipinski definition) is 4. The summed E-state index contributed by atoms with van der Waals surface area (Å²) in [6.07, 6.45) is 3.63. The van der Waals surface area contributed by atoms with Crippen LogP contribution < -0.4 is 21.1 Å². The number of aliphatic hydroxyl groups excluding tert-OH is 1. The molecule has 0 aliphatic carbocycles. The predicted molar refractivity (Wildman–Crippen MR) is 190 cm³/mol. The first kappa shape index (κ1) is 40.8. The Bertz CT molecular complexity index is 1150. The van der Waals surface area contributed by atoms with E-state index in [-0.39, 0.29) is 74.4 Å². The normalized spacial score (nSPS) is 18.5. The van der Waals surface area contributed by atoms with Gasteiger partial charge in [0, 0.05) is 30.4 Å². The summed E-state index contributed by atoms with van der Waals surface area (Å²) in [5.74, 6) is 6.30. The van der Waals surface area contributed by atoms with Gasteiger partial charge in [0.15, 0.2) is 0 Å². The molecule has 1 aliphatic rings. The Morgan fingerprint density at radius 3 is 2.76 bits per heavy atom. The van der Waals surface area contributed by atoms with E-state index in [9.17, 15) is 14.7 Å². The highest BCUT2D eigenvalue weighted by atomic mass is 33.1. The van der Waals surface area contributed by atoms with Crippen LogP contribution in [0.5, 0.6) is 5.75 Å². The number of hydrogen-bond acceptors (Lipinski definition) is 15. The molecule has 1 radical (unpaired) electrons. The number of thioether (sulfide) groups is 1. The van der Waals surface area contributed by atoms with Crippen LogP contribution in [0, 0.1) is 22.4 Å². The molecule has 12 nitrogen and oxygen atoms in total. The molecule has 5 N–H and O–H groups in total. The summed E-state index contributed by atoms with van der Waals surface area (Å²) in [5.41, 5.74) is 5.44. The summed E-state index contributed by atoms with van der Waals surface area (Å²) in [6.45, 7) is 1.33. The zero-order valence-electron chi connectivity index (χ0n) is 25.7. The maximum atomic E-state index is 12.2. The van der Waals surface area contributed by atoms with E-state index < -0.39 is 6.10 Å². The highest BCUT2D eigenvalue weighted by Crippen LogP contribution is 2.32. The van der Waals surface area contributed by atoms with Crippen LogP contribution in [-0.2, 0) is 23.7 Å². The van der Waals surface area contributed by atoms with Gasteiger partial charge in [-0.15, -0.1) is 0 Å². The first-order chi connectivity index (χ1) is 22.4. The minimum atomic E-state index is -0.471. The molecule has 2 amide bonds. The van der Waals surface area contributed by atoms with Crippen molar-refractivity contribution in [3.05, 3.63) is 29.8 Å². The standard InChI is InChI=1S/C28H40BN4O8S5/c1-42-45-26(17-39-21-6-3-5-20(13-21)28(36)33-10-8-30)38-12-11-37-16-25(35)32-9-4-7-29-24-14-22(23(15-34)40-24)41-27(46-43-2)18-44-19-31/h3,5-6,13,22-24,26-27,34H,8-12,14-18,30H2,1-2H3,(H,32,35)(H,33,36)/t22-,23?,24-,26?,27-/m1/s1. The van der Waals surface area contributed by atoms with Crippen molar-refractivity contribution in [2.24, 2.45) is 5.73 Å². The van der Waals surface area contributed by atoms with E-state index in [1.165, 1.54) is 32.4 Å². The minimum Gasteiger partial charge on any atom is -0.490 e. The lowest BCUT2D eigenvalue weighted by molar-refractivity contribution is -0.126. The first-order valence-corrected chi connectivity index (χ1v) is 20.5. The first-order valence-electron chi connectivity index (χ1n) is 14.2. The number of nitrogens with one attached hydrogen (secondary N) is 2. The lowest BCUT2D eigenvalue weighted by atomic mass is 9.71. The van der Waals surface area contributed by atoms with Gasteiger partial charge in [-0.2, -0.15) is 11.1 Å². The van der Waals surface area contributed by atoms with Crippen molar-refractivity contribution >= 4 is 74.0 Å². The Labute approximate surface area is 291 Å². The van der Waals surface area contributed by atoms with Crippen molar-refractivity contribution in [2.45, 2.75) is 35.5 Å². The van der Waals surface area contributed by atoms with Crippen LogP contribution >= 0.6 is 54.9 Å². The monoisotopic (exact) mass is 731 g/mol. The number of rotatable bonds is 23. The molecule has 5 atom stereocenters. The van der Waals surface area contributed by atoms with Gasteiger partial charge in [0.25, 0.3) is 13.2 Å². The summed E-state index contributed by atoms with van der Waals surface area (Å²) in [4.78, 5) is 24.2. The molecule has 0 bridgehead atoms. The third-order valence-corrected chi connectivity index (χ3v) is 10.5. The molecule has 1 fully saturated rings. The summed E-state index contributed by atoms with van der Waals surface area (Å²) in [6, 6.07) is 6.58. The number of benzene rings is 1. The topological polar surface area (TPSA) is 174 Å². The van der Waals surface area contributed by atoms with Crippen LogP contribution in [0.2, 0.25) is 0 Å². The molecule has 0 spiro atoms. The van der Waals surface area contributed by atoms with Crippen molar-refractivity contribution in [2.75, 3.05) is 70.9 Å². The van der Waals surface area contributed by atoms with E-state index in [0.29, 0.717) is 36.6 Å². The quantitative estimate of drug-likeness (QED) is 0.0321. The van der Waals surface area contributed by atoms with Gasteiger partial charge < -0.3 is 45.2 Å². The number of nitriles is 1. The van der Waals surface area contributed by atoms with Gasteiger partial charge in [0.1, 0.15) is 41.3 Å². The molecule has 1 aromatic carbocycles. The van der Waals surface area contributed by atoms with Gasteiger partial charge in [-0.25, -0.2) is 0 Å². The van der Waals surface area contributed by atoms with Gasteiger partial charge in [-0.1, -0.05) is 55.2 Å². The van der Waals surface area contributed by atoms with Crippen molar-refractivity contribution in [1.82, 2.24) is 10.6 Å². The second-order valence-corrected chi connectivity index (χ2v) is 15.2. The molecule has 1 aromatic rings. The zero-order valence-corrected chi connectivity index (χ0v) is 29.8. The highest BCUT2D eigenvalue weighted by Gasteiger charge is 2.37. The summed E-state index contributed by atoms with van der Waals surface area (Å²) in [7, 11) is 7.81. The summed E-state index contributed by atoms with van der Waals surface area (Å²) in [5, 5.41) is 26.0. The molecule has 253 valence electrons. The predicted octanol–water partition coefficient (Wildman–Crippen LogP) is 1.95. The number of aliphatic hydroxyl groups is 1. The van der Waals surface area contributed by atoms with E-state index in [2.05, 4.69) is 27.8 Å². The number of ether oxygens (including phenoxy) is 5. The molecular formula is C28H40BN4O8S5. The molecule has 2 rings (SSSR count). The average Bonchev–Trinajstić information content (AvgIpc) is 3.46. The second kappa shape index (κ2) is 25.6. The molecule has 1 aliphatic heterocycles. The number of nitrogens with two attached hydrogens (primary N) is 1. The van der Waals surface area contributed by atoms with Gasteiger partial charge >= 0.3 is 0 Å². The number of carbonyl (C=O) groups is 2. The van der Waals surface area contributed by atoms with Crippen molar-refractivity contribution in [3.63, 3.8) is 0 Å². The molecule has 2 unspecified atom stereocenters. The smallest absolute Gasteiger partial charge is 0.251 e. The van der Waals surface area contributed by atoms with Gasteiger partial charge in [0.05, 0.1) is 32.5 Å². The van der Waals surface area contributed by atoms with E-state index >= 15 is 0 Å². The largest absolute Gasteiger partial charge is 0.490 e. The number of amides is 2. The van der Waals surface area contributed by atoms with Crippen LogP contribution in [0.4, 0.5) is 0 Å². The minimum absolute atomic E-state index is 0.132. The third-order valence-electron chi connectivity index (χ3n) is 5.85. The van der Waals surface area contributed by atoms with Crippen LogP contribution in [0.3, 0.4) is 0 Å². The zero-order chi connectivity index (χ0) is 33.4. The highest BCUT2D eigenvalue weighted by molar-refractivity contribution is 8.77. The maximum Gasteiger partial charge on any atom is 0.251 e. The molecular weight excluding hydrogens is 691 g/mol. The summed E-state index contributed by atoms with van der Waals surface area (Å²) >= 11 is 1.13. The Morgan fingerprint density at radius 2 is 2.02 bits per heavy atom. The van der Waals surface area contributed by atoms with Gasteiger partial charge in [-0.05, 0) is 48.9 Å². The van der Waals surface area contributed by atoms with E-state index in [0.717, 1.165) is 11.8 Å². The van der Waals surface area contributed by atoms with Crippen molar-refractivity contribution < 1.29 is 38.4 Å². The summed E-state index contributed by atoms with van der Waals surface area (Å²) < 4.78 is 29.0. The molecule has 1 heterocycles. The molecule has 0 saturated carbocycles. The van der Waals surface area contributed by atoms with Crippen LogP contribution in [-0.4, -0.2) is 124 Å². The molecule has 46 heavy (non-hydrogen) atoms. The fourth-order valence-electron chi connectivity index (χ4n) is 3.85. The van der Waals surface area contributed by atoms with Gasteiger partial charge in [-0.3, -0.25) is 9.59 Å². The molecule has 1 saturated heterocycles. The Kier molecular flexibility index (Phi) is 22.7. The van der Waals surface area contributed by atoms with Crippen LogP contribution in [0.25, 0.3) is 0 Å². The van der Waals surface area contributed by atoms with Crippen LogP contribution in [0.15, 0.2) is 24.3 Å². The SMILES string of the molecule is CSSC(COc1cccc(C(=O)NCCN)c1)OCCOCC(=O)NCC#C[B][C@H]1C[C@@H](O[C@@H](CSC#N)SSC)C(CO)O1. The maximum absolute atomic E-state index is 12.2. The molecule has 0 aromatic heterocycles. The number of thiocyanates is 1. The molecule has 18 heteroatoms. The van der Waals surface area contributed by atoms with Gasteiger partial charge in [0.2, 0.25) is 5.91 Å². The van der Waals surface area contributed by atoms with E-state index in [1.54, 1.807) is 42.3 Å². The van der Waals surface area contributed by atoms with Crippen molar-refractivity contribution in [1.29, 1.82) is 5.26 Å². The third kappa shape index (κ3) is 17.1. The Balaban J connectivity index is 1.62. The van der Waals surface area contributed by atoms with E-state index in [1.807, 2.05) is 12.5 Å². The lowest BCUT2D eigenvalue weighted by Crippen LogP contribution is -2.31. The fraction of sp³-hybridized carbons (Fsp3) is 0.607. The van der Waals surface area contributed by atoms with Crippen molar-refractivity contribution in [3.8, 4) is 22.9 Å². The van der Waals surface area contributed by atoms with Crippen LogP contribution in [0.1, 0.15) is 16.8 Å². The lowest BCUT2D eigenvalue weighted by Gasteiger charge is -2.22. The number of carbonyl (C=O) groups excluding carboxylic acids is 2. The Morgan fingerprint density at radius 1 is 1.22 bits per heavy atom. The Hall–Kier alpha value is -1.42.